The van der Waals surface area contributed by atoms with E-state index >= 15 is 0 Å². The third kappa shape index (κ3) is 59900. The van der Waals surface area contributed by atoms with Gasteiger partial charge in [0.05, 0.1) is 0 Å². The number of hydrogen-bond acceptors (Lipinski definition) is 2. The van der Waals surface area contributed by atoms with E-state index < -0.39 is 15.4 Å². The van der Waals surface area contributed by atoms with Gasteiger partial charge in [-0.25, -0.2) is 0 Å². The standard InChI is InChI=1S/3C3H7.H2O.2O.V/c3*1-3-2;;;;/h3*1,3H2,2H3;1H2;;;/q3*-1;;;;+1/p-1. The summed E-state index contributed by atoms with van der Waals surface area (Å²) >= 11 is -3.69. The summed E-state index contributed by atoms with van der Waals surface area (Å²) in [6.07, 6.45) is 3.00. The summed E-state index contributed by atoms with van der Waals surface area (Å²) in [5, 5.41) is 0. The molecule has 0 radical (unpaired) electrons. The third-order valence-electron chi connectivity index (χ3n) is 0. The van der Waals surface area contributed by atoms with Gasteiger partial charge in [0.25, 0.3) is 0 Å². The Morgan fingerprint density at radius 2 is 0.923 bits per heavy atom. The molecule has 0 atom stereocenters. The van der Waals surface area contributed by atoms with Crippen molar-refractivity contribution in [3.63, 3.8) is 0 Å². The Kier molecular flexibility index (Phi) is 71.2. The topological polar surface area (TPSA) is 54.4 Å². The molecule has 0 aromatic carbocycles. The summed E-state index contributed by atoms with van der Waals surface area (Å²) in [7, 11) is 0. The Hall–Kier alpha value is 0.144. The molecule has 0 unspecified atom stereocenters. The van der Waals surface area contributed by atoms with Crippen molar-refractivity contribution >= 4 is 0 Å². The van der Waals surface area contributed by atoms with E-state index in [0.29, 0.717) is 0 Å². The summed E-state index contributed by atoms with van der Waals surface area (Å²) < 4.78 is 24.4. The van der Waals surface area contributed by atoms with E-state index in [2.05, 4.69) is 20.8 Å². The van der Waals surface area contributed by atoms with Crippen LogP contribution in [0.3, 0.4) is 0 Å². The number of rotatable bonds is 0. The fraction of sp³-hybridized carbons (Fsp3) is 0.667. The second-order valence-corrected chi connectivity index (χ2v) is 2.48. The predicted molar refractivity (Wildman–Crippen MR) is 50.5 cm³/mol. The van der Waals surface area contributed by atoms with Gasteiger partial charge < -0.3 is 20.8 Å². The zero-order valence-electron chi connectivity index (χ0n) is 8.95. The van der Waals surface area contributed by atoms with Crippen molar-refractivity contribution in [2.75, 3.05) is 0 Å². The van der Waals surface area contributed by atoms with Crippen LogP contribution in [0.5, 0.6) is 0 Å². The molecule has 0 aromatic heterocycles. The van der Waals surface area contributed by atoms with Gasteiger partial charge >= 0.3 is 26.8 Å². The van der Waals surface area contributed by atoms with Crippen molar-refractivity contribution in [3.8, 4) is 0 Å². The second-order valence-electron chi connectivity index (χ2n) is 1.74. The first-order chi connectivity index (χ1) is 5.97. The maximum atomic E-state index is 8.67. The molecule has 1 N–H and O–H groups in total. The first kappa shape index (κ1) is 23.2. The number of hydrogen-bond donors (Lipinski definition) is 1. The van der Waals surface area contributed by atoms with Crippen LogP contribution in [-0.4, -0.2) is 4.03 Å². The van der Waals surface area contributed by atoms with Crippen LogP contribution in [0.25, 0.3) is 0 Å². The van der Waals surface area contributed by atoms with Crippen LogP contribution in [0.4, 0.5) is 0 Å². The normalized spacial score (nSPS) is 6.08. The SMILES string of the molecule is [CH2-]CC.[CH2-]CC.[CH2-]CC.[O]=[V](=[O])[OH]. The van der Waals surface area contributed by atoms with Crippen LogP contribution in [0, 0.1) is 20.8 Å². The molecule has 4 heteroatoms. The molecule has 0 spiro atoms. The van der Waals surface area contributed by atoms with Crippen LogP contribution < -0.4 is 0 Å². The molecule has 0 fully saturated rings. The van der Waals surface area contributed by atoms with E-state index in [1.54, 1.807) is 0 Å². The molecule has 0 aliphatic rings. The Bertz CT molecular complexity index is 88.3. The van der Waals surface area contributed by atoms with Crippen molar-refractivity contribution in [2.24, 2.45) is 0 Å². The summed E-state index contributed by atoms with van der Waals surface area (Å²) in [5.74, 6) is 0. The van der Waals surface area contributed by atoms with E-state index in [9.17, 15) is 0 Å². The van der Waals surface area contributed by atoms with E-state index in [-0.39, 0.29) is 0 Å². The van der Waals surface area contributed by atoms with Crippen molar-refractivity contribution < 1.29 is 26.8 Å². The van der Waals surface area contributed by atoms with Crippen LogP contribution >= 0.6 is 0 Å². The first-order valence-electron chi connectivity index (χ1n) is 4.19. The van der Waals surface area contributed by atoms with Crippen molar-refractivity contribution in [1.29, 1.82) is 0 Å². The Morgan fingerprint density at radius 1 is 0.923 bits per heavy atom. The first-order valence-corrected chi connectivity index (χ1v) is 5.95. The Labute approximate surface area is 87.9 Å². The molecule has 0 aliphatic carbocycles. The van der Waals surface area contributed by atoms with Crippen molar-refractivity contribution in [2.45, 2.75) is 40.0 Å². The minimum atomic E-state index is -3.69. The minimum absolute atomic E-state index is 1.00. The van der Waals surface area contributed by atoms with E-state index in [1.807, 2.05) is 20.8 Å². The Morgan fingerprint density at radius 3 is 0.923 bits per heavy atom. The predicted octanol–water partition coefficient (Wildman–Crippen LogP) is 2.89. The van der Waals surface area contributed by atoms with Gasteiger partial charge in [0, 0.05) is 0 Å². The van der Waals surface area contributed by atoms with Gasteiger partial charge in [0.15, 0.2) is 0 Å². The molecule has 0 rings (SSSR count). The fourth-order valence-corrected chi connectivity index (χ4v) is 0. The van der Waals surface area contributed by atoms with Gasteiger partial charge in [0.1, 0.15) is 0 Å². The molecule has 0 aliphatic heterocycles. The summed E-state index contributed by atoms with van der Waals surface area (Å²) in [6.45, 7) is 16.5. The quantitative estimate of drug-likeness (QED) is 0.650. The summed E-state index contributed by atoms with van der Waals surface area (Å²) in [4.78, 5) is 0. The van der Waals surface area contributed by atoms with Crippen LogP contribution in [0.1, 0.15) is 40.0 Å². The molecule has 0 aromatic rings. The molecule has 0 saturated heterocycles. The van der Waals surface area contributed by atoms with Gasteiger partial charge in [-0.3, -0.25) is 0 Å². The monoisotopic (exact) mass is 229 g/mol. The average molecular weight is 229 g/mol. The van der Waals surface area contributed by atoms with E-state index in [0.717, 1.165) is 19.3 Å². The van der Waals surface area contributed by atoms with E-state index in [4.69, 9.17) is 11.4 Å². The molecule has 0 heterocycles. The van der Waals surface area contributed by atoms with Crippen molar-refractivity contribution in [3.05, 3.63) is 20.8 Å². The van der Waals surface area contributed by atoms with Crippen LogP contribution in [0.15, 0.2) is 0 Å². The maximum absolute atomic E-state index is 8.67. The molecule has 13 heavy (non-hydrogen) atoms. The molecule has 0 bridgehead atoms. The summed E-state index contributed by atoms with van der Waals surface area (Å²) in [6, 6.07) is 0. The molecule has 0 saturated carbocycles. The van der Waals surface area contributed by atoms with Crippen LogP contribution in [0.2, 0.25) is 0 Å². The van der Waals surface area contributed by atoms with Crippen LogP contribution in [-0.2, 0) is 22.7 Å². The van der Waals surface area contributed by atoms with Gasteiger partial charge in [-0.1, -0.05) is 20.8 Å². The van der Waals surface area contributed by atoms with Gasteiger partial charge in [0.2, 0.25) is 0 Å². The van der Waals surface area contributed by atoms with E-state index in [1.165, 1.54) is 0 Å². The van der Waals surface area contributed by atoms with Gasteiger partial charge in [-0.2, -0.15) is 19.3 Å². The third-order valence-corrected chi connectivity index (χ3v) is 0. The zero-order valence-corrected chi connectivity index (χ0v) is 10.4. The molecule has 3 nitrogen and oxygen atoms in total. The zero-order chi connectivity index (χ0) is 11.7. The molecular weight excluding hydrogens is 207 g/mol. The average Bonchev–Trinajstić information content (AvgIpc) is 1.88. The van der Waals surface area contributed by atoms with Gasteiger partial charge in [-0.05, 0) is 0 Å². The van der Waals surface area contributed by atoms with Gasteiger partial charge in [-0.15, -0.1) is 0 Å². The molecule has 84 valence electrons. The summed E-state index contributed by atoms with van der Waals surface area (Å²) in [5.41, 5.74) is 0. The van der Waals surface area contributed by atoms with Crippen molar-refractivity contribution in [1.82, 2.24) is 0 Å². The Balaban J connectivity index is -0.0000000420. The second kappa shape index (κ2) is 40.0. The molecule has 0 amide bonds. The molecular formula is C9H22O3V-3. The fourth-order valence-electron chi connectivity index (χ4n) is 0.